The van der Waals surface area contributed by atoms with Crippen molar-refractivity contribution in [1.82, 2.24) is 9.80 Å². The highest BCUT2D eigenvalue weighted by atomic mass is 16.3. The quantitative estimate of drug-likeness (QED) is 0.871. The van der Waals surface area contributed by atoms with Gasteiger partial charge in [0.25, 0.3) is 5.91 Å². The summed E-state index contributed by atoms with van der Waals surface area (Å²) in [6.07, 6.45) is 1.39. The highest BCUT2D eigenvalue weighted by Gasteiger charge is 2.43. The zero-order valence-electron chi connectivity index (χ0n) is 15.7. The van der Waals surface area contributed by atoms with Crippen LogP contribution < -0.4 is 0 Å². The Balaban J connectivity index is 2.06. The van der Waals surface area contributed by atoms with E-state index in [1.54, 1.807) is 0 Å². The molecule has 4 heteroatoms. The molecule has 0 bridgehead atoms. The van der Waals surface area contributed by atoms with Crippen molar-refractivity contribution in [2.24, 2.45) is 0 Å². The Bertz CT molecular complexity index is 553. The zero-order valence-corrected chi connectivity index (χ0v) is 15.7. The van der Waals surface area contributed by atoms with Crippen molar-refractivity contribution in [2.45, 2.75) is 64.6 Å². The summed E-state index contributed by atoms with van der Waals surface area (Å²) in [6, 6.07) is 8.76. The van der Waals surface area contributed by atoms with E-state index in [4.69, 9.17) is 0 Å². The van der Waals surface area contributed by atoms with Gasteiger partial charge in [-0.3, -0.25) is 4.79 Å². The lowest BCUT2D eigenvalue weighted by atomic mass is 9.90. The summed E-state index contributed by atoms with van der Waals surface area (Å²) in [7, 11) is 1.96. The predicted molar refractivity (Wildman–Crippen MR) is 97.9 cm³/mol. The van der Waals surface area contributed by atoms with E-state index in [0.717, 1.165) is 18.5 Å². The molecule has 0 unspecified atom stereocenters. The maximum absolute atomic E-state index is 12.8. The standard InChI is InChI=1S/C20H32N2O2/c1-15(2)18-9-7-17(8-10-18)13-22-12-6-11-20(24,19(22)23)14-21(5)16(3)4/h7-10,15-16,24H,6,11-14H2,1-5H3/t20-/m1/s1. The van der Waals surface area contributed by atoms with E-state index >= 15 is 0 Å². The van der Waals surface area contributed by atoms with Gasteiger partial charge in [0.15, 0.2) is 5.60 Å². The number of benzene rings is 1. The average Bonchev–Trinajstić information content (AvgIpc) is 2.52. The molecule has 4 nitrogen and oxygen atoms in total. The van der Waals surface area contributed by atoms with Crippen LogP contribution in [0, 0.1) is 0 Å². The highest BCUT2D eigenvalue weighted by molar-refractivity contribution is 5.86. The van der Waals surface area contributed by atoms with Crippen LogP contribution in [0.1, 0.15) is 57.6 Å². The smallest absolute Gasteiger partial charge is 0.256 e. The second-order valence-corrected chi connectivity index (χ2v) is 7.77. The molecule has 1 atom stereocenters. The first kappa shape index (κ1) is 18.9. The van der Waals surface area contributed by atoms with Gasteiger partial charge >= 0.3 is 0 Å². The van der Waals surface area contributed by atoms with Crippen LogP contribution >= 0.6 is 0 Å². The van der Waals surface area contributed by atoms with E-state index in [1.807, 2.05) is 16.8 Å². The number of carbonyl (C=O) groups excluding carboxylic acids is 1. The number of piperidine rings is 1. The first-order chi connectivity index (χ1) is 11.2. The van der Waals surface area contributed by atoms with E-state index < -0.39 is 5.60 Å². The van der Waals surface area contributed by atoms with Gasteiger partial charge in [-0.15, -0.1) is 0 Å². The van der Waals surface area contributed by atoms with Gasteiger partial charge in [0.2, 0.25) is 0 Å². The molecule has 24 heavy (non-hydrogen) atoms. The van der Waals surface area contributed by atoms with E-state index in [1.165, 1.54) is 5.56 Å². The molecule has 1 aromatic carbocycles. The van der Waals surface area contributed by atoms with Gasteiger partial charge in [-0.2, -0.15) is 0 Å². The molecule has 0 radical (unpaired) electrons. The van der Waals surface area contributed by atoms with E-state index in [2.05, 4.69) is 52.0 Å². The Morgan fingerprint density at radius 2 is 1.83 bits per heavy atom. The Labute approximate surface area is 146 Å². The predicted octanol–water partition coefficient (Wildman–Crippen LogP) is 3.00. The Hall–Kier alpha value is -1.39. The summed E-state index contributed by atoms with van der Waals surface area (Å²) in [4.78, 5) is 16.7. The minimum Gasteiger partial charge on any atom is -0.379 e. The van der Waals surface area contributed by atoms with Crippen molar-refractivity contribution in [2.75, 3.05) is 20.1 Å². The summed E-state index contributed by atoms with van der Waals surface area (Å²) >= 11 is 0. The molecule has 1 fully saturated rings. The van der Waals surface area contributed by atoms with Crippen LogP contribution in [-0.4, -0.2) is 52.6 Å². The highest BCUT2D eigenvalue weighted by Crippen LogP contribution is 2.26. The van der Waals surface area contributed by atoms with Crippen molar-refractivity contribution in [3.05, 3.63) is 35.4 Å². The van der Waals surface area contributed by atoms with Crippen LogP contribution in [0.5, 0.6) is 0 Å². The molecule has 1 N–H and O–H groups in total. The molecule has 1 aliphatic rings. The van der Waals surface area contributed by atoms with Gasteiger partial charge in [-0.1, -0.05) is 38.1 Å². The number of carbonyl (C=O) groups is 1. The third kappa shape index (κ3) is 4.37. The molecule has 0 aliphatic carbocycles. The Morgan fingerprint density at radius 1 is 1.21 bits per heavy atom. The molecular weight excluding hydrogens is 300 g/mol. The third-order valence-corrected chi connectivity index (χ3v) is 5.12. The Kier molecular flexibility index (Phi) is 6.05. The SMILES string of the molecule is CC(C)c1ccc(CN2CCC[C@@](O)(CN(C)C(C)C)C2=O)cc1. The van der Waals surface area contributed by atoms with Crippen LogP contribution in [0.25, 0.3) is 0 Å². The molecule has 1 saturated heterocycles. The molecule has 1 heterocycles. The molecule has 1 amide bonds. The summed E-state index contributed by atoms with van der Waals surface area (Å²) in [5.41, 5.74) is 1.17. The molecule has 0 aromatic heterocycles. The molecule has 134 valence electrons. The monoisotopic (exact) mass is 332 g/mol. The third-order valence-electron chi connectivity index (χ3n) is 5.12. The van der Waals surface area contributed by atoms with Gasteiger partial charge in [-0.05, 0) is 50.8 Å². The number of aliphatic hydroxyl groups is 1. The number of nitrogens with zero attached hydrogens (tertiary/aromatic N) is 2. The van der Waals surface area contributed by atoms with Crippen LogP contribution in [0.2, 0.25) is 0 Å². The summed E-state index contributed by atoms with van der Waals surface area (Å²) < 4.78 is 0. The van der Waals surface area contributed by atoms with Gasteiger partial charge in [0.05, 0.1) is 0 Å². The summed E-state index contributed by atoms with van der Waals surface area (Å²) in [5.74, 6) is 0.376. The van der Waals surface area contributed by atoms with Gasteiger partial charge < -0.3 is 14.9 Å². The van der Waals surface area contributed by atoms with Crippen molar-refractivity contribution >= 4 is 5.91 Å². The normalized spacial score (nSPS) is 22.0. The molecular formula is C20H32N2O2. The fourth-order valence-corrected chi connectivity index (χ4v) is 3.19. The lowest BCUT2D eigenvalue weighted by molar-refractivity contribution is -0.160. The zero-order chi connectivity index (χ0) is 17.9. The largest absolute Gasteiger partial charge is 0.379 e. The molecule has 2 rings (SSSR count). The van der Waals surface area contributed by atoms with Crippen LogP contribution in [-0.2, 0) is 11.3 Å². The number of likely N-dealkylation sites (tertiary alicyclic amines) is 1. The minimum atomic E-state index is -1.25. The van der Waals surface area contributed by atoms with Gasteiger partial charge in [0, 0.05) is 25.7 Å². The van der Waals surface area contributed by atoms with Gasteiger partial charge in [-0.25, -0.2) is 0 Å². The number of hydrogen-bond acceptors (Lipinski definition) is 3. The number of amides is 1. The van der Waals surface area contributed by atoms with E-state index in [9.17, 15) is 9.90 Å². The number of likely N-dealkylation sites (N-methyl/N-ethyl adjacent to an activating group) is 1. The lowest BCUT2D eigenvalue weighted by Crippen LogP contribution is -2.58. The van der Waals surface area contributed by atoms with Crippen LogP contribution in [0.3, 0.4) is 0 Å². The van der Waals surface area contributed by atoms with Gasteiger partial charge in [0.1, 0.15) is 0 Å². The fourth-order valence-electron chi connectivity index (χ4n) is 3.19. The van der Waals surface area contributed by atoms with Crippen LogP contribution in [0.15, 0.2) is 24.3 Å². The molecule has 1 aromatic rings. The van der Waals surface area contributed by atoms with E-state index in [0.29, 0.717) is 31.5 Å². The fraction of sp³-hybridized carbons (Fsp3) is 0.650. The van der Waals surface area contributed by atoms with Crippen molar-refractivity contribution < 1.29 is 9.90 Å². The van der Waals surface area contributed by atoms with E-state index in [-0.39, 0.29) is 5.91 Å². The van der Waals surface area contributed by atoms with Crippen molar-refractivity contribution in [1.29, 1.82) is 0 Å². The van der Waals surface area contributed by atoms with Crippen molar-refractivity contribution in [3.8, 4) is 0 Å². The second-order valence-electron chi connectivity index (χ2n) is 7.77. The van der Waals surface area contributed by atoms with Crippen molar-refractivity contribution in [3.63, 3.8) is 0 Å². The summed E-state index contributed by atoms with van der Waals surface area (Å²) in [5, 5.41) is 10.9. The average molecular weight is 332 g/mol. The minimum absolute atomic E-state index is 0.130. The Morgan fingerprint density at radius 3 is 2.38 bits per heavy atom. The molecule has 0 saturated carbocycles. The first-order valence-electron chi connectivity index (χ1n) is 9.04. The maximum Gasteiger partial charge on any atom is 0.256 e. The molecule has 1 aliphatic heterocycles. The topological polar surface area (TPSA) is 43.8 Å². The molecule has 0 spiro atoms. The number of rotatable bonds is 6. The lowest BCUT2D eigenvalue weighted by Gasteiger charge is -2.41. The van der Waals surface area contributed by atoms with Crippen LogP contribution in [0.4, 0.5) is 0 Å². The summed E-state index contributed by atoms with van der Waals surface area (Å²) in [6.45, 7) is 10.2. The number of hydrogen-bond donors (Lipinski definition) is 1. The second kappa shape index (κ2) is 7.66. The maximum atomic E-state index is 12.8. The first-order valence-corrected chi connectivity index (χ1v) is 9.04.